The second-order valence-corrected chi connectivity index (χ2v) is 6.70. The number of carbonyl (C=O) groups excluding carboxylic acids is 1. The van der Waals surface area contributed by atoms with Crippen LogP contribution in [0.2, 0.25) is 0 Å². The highest BCUT2D eigenvalue weighted by atomic mass is 16.5. The van der Waals surface area contributed by atoms with Crippen LogP contribution in [0.4, 0.5) is 0 Å². The van der Waals surface area contributed by atoms with E-state index in [1.807, 2.05) is 36.5 Å². The normalized spacial score (nSPS) is 24.1. The Morgan fingerprint density at radius 3 is 2.88 bits per heavy atom. The maximum Gasteiger partial charge on any atom is 0.289 e. The van der Waals surface area contributed by atoms with Crippen molar-refractivity contribution >= 4 is 5.91 Å². The summed E-state index contributed by atoms with van der Waals surface area (Å²) in [5.74, 6) is 0.497. The summed E-state index contributed by atoms with van der Waals surface area (Å²) in [6.07, 6.45) is 8.18. The van der Waals surface area contributed by atoms with Crippen molar-refractivity contribution in [2.45, 2.75) is 25.1 Å². The van der Waals surface area contributed by atoms with Crippen LogP contribution >= 0.6 is 0 Å². The first-order chi connectivity index (χ1) is 12.2. The first-order valence-electron chi connectivity index (χ1n) is 8.73. The Bertz CT molecular complexity index is 732. The number of nitrogens with zero attached hydrogens (tertiary/aromatic N) is 5. The summed E-state index contributed by atoms with van der Waals surface area (Å²) in [5, 5.41) is 0. The number of aryl methyl sites for hydroxylation is 1. The van der Waals surface area contributed by atoms with Gasteiger partial charge < -0.3 is 14.2 Å². The van der Waals surface area contributed by atoms with Gasteiger partial charge in [-0.05, 0) is 24.1 Å². The molecule has 0 radical (unpaired) electrons. The third kappa shape index (κ3) is 3.29. The lowest BCUT2D eigenvalue weighted by Crippen LogP contribution is -2.60. The summed E-state index contributed by atoms with van der Waals surface area (Å²) in [6, 6.07) is 4.31. The summed E-state index contributed by atoms with van der Waals surface area (Å²) in [7, 11) is 1.85. The molecule has 2 aliphatic rings. The molecule has 2 atom stereocenters. The van der Waals surface area contributed by atoms with Gasteiger partial charge in [0.05, 0.1) is 18.8 Å². The Balaban J connectivity index is 1.49. The lowest BCUT2D eigenvalue weighted by Gasteiger charge is -2.47. The molecule has 0 spiro atoms. The fourth-order valence-corrected chi connectivity index (χ4v) is 3.76. The Morgan fingerprint density at radius 1 is 1.28 bits per heavy atom. The molecule has 2 aromatic heterocycles. The Hall–Kier alpha value is -2.25. The molecule has 4 heterocycles. The van der Waals surface area contributed by atoms with Gasteiger partial charge in [-0.2, -0.15) is 0 Å². The fourth-order valence-electron chi connectivity index (χ4n) is 3.76. The average molecular weight is 341 g/mol. The third-order valence-electron chi connectivity index (χ3n) is 5.13. The molecule has 0 aromatic carbocycles. The van der Waals surface area contributed by atoms with Gasteiger partial charge in [0, 0.05) is 58.0 Å². The molecule has 132 valence electrons. The first kappa shape index (κ1) is 16.2. The molecule has 0 aliphatic carbocycles. The number of fused-ring (bicyclic) bond motifs is 1. The van der Waals surface area contributed by atoms with Crippen LogP contribution in [0.3, 0.4) is 0 Å². The number of rotatable bonds is 3. The predicted molar refractivity (Wildman–Crippen MR) is 91.9 cm³/mol. The average Bonchev–Trinajstić information content (AvgIpc) is 3.08. The van der Waals surface area contributed by atoms with Crippen LogP contribution in [0.15, 0.2) is 36.9 Å². The molecule has 2 aliphatic heterocycles. The molecule has 4 rings (SSSR count). The number of piperidine rings is 1. The van der Waals surface area contributed by atoms with Crippen molar-refractivity contribution < 1.29 is 9.53 Å². The topological polar surface area (TPSA) is 63.5 Å². The highest BCUT2D eigenvalue weighted by Crippen LogP contribution is 2.25. The minimum Gasteiger partial charge on any atom is -0.375 e. The van der Waals surface area contributed by atoms with Gasteiger partial charge in [-0.3, -0.25) is 14.7 Å². The van der Waals surface area contributed by atoms with Gasteiger partial charge in [0.2, 0.25) is 0 Å². The largest absolute Gasteiger partial charge is 0.375 e. The van der Waals surface area contributed by atoms with E-state index in [1.165, 1.54) is 5.56 Å². The second kappa shape index (κ2) is 6.93. The number of likely N-dealkylation sites (tertiary alicyclic amines) is 1. The molecule has 7 nitrogen and oxygen atoms in total. The molecular weight excluding hydrogens is 318 g/mol. The van der Waals surface area contributed by atoms with Gasteiger partial charge in [-0.15, -0.1) is 0 Å². The van der Waals surface area contributed by atoms with Gasteiger partial charge in [-0.25, -0.2) is 4.98 Å². The van der Waals surface area contributed by atoms with Crippen molar-refractivity contribution in [2.75, 3.05) is 26.2 Å². The van der Waals surface area contributed by atoms with Gasteiger partial charge in [0.1, 0.15) is 0 Å². The molecule has 25 heavy (non-hydrogen) atoms. The van der Waals surface area contributed by atoms with Crippen LogP contribution in [-0.4, -0.2) is 68.6 Å². The summed E-state index contributed by atoms with van der Waals surface area (Å²) in [5.41, 5.74) is 1.24. The number of aromatic nitrogens is 3. The maximum atomic E-state index is 12.8. The molecule has 0 bridgehead atoms. The zero-order chi connectivity index (χ0) is 17.2. The van der Waals surface area contributed by atoms with E-state index in [0.717, 1.165) is 32.7 Å². The van der Waals surface area contributed by atoms with Crippen LogP contribution < -0.4 is 0 Å². The monoisotopic (exact) mass is 341 g/mol. The lowest BCUT2D eigenvalue weighted by atomic mass is 9.98. The highest BCUT2D eigenvalue weighted by molar-refractivity contribution is 5.90. The number of ether oxygens (including phenoxy) is 1. The Labute approximate surface area is 147 Å². The SMILES string of the molecule is Cn1ccnc1C(=O)N1CC[C@@H]2OCCN(Cc3ccncc3)[C@H]2C1. The molecule has 0 saturated carbocycles. The summed E-state index contributed by atoms with van der Waals surface area (Å²) >= 11 is 0. The van der Waals surface area contributed by atoms with E-state index >= 15 is 0 Å². The zero-order valence-electron chi connectivity index (χ0n) is 14.4. The number of hydrogen-bond acceptors (Lipinski definition) is 5. The predicted octanol–water partition coefficient (Wildman–Crippen LogP) is 0.931. The van der Waals surface area contributed by atoms with Crippen molar-refractivity contribution in [1.82, 2.24) is 24.3 Å². The van der Waals surface area contributed by atoms with Crippen molar-refractivity contribution in [3.63, 3.8) is 0 Å². The number of carbonyl (C=O) groups is 1. The van der Waals surface area contributed by atoms with E-state index in [1.54, 1.807) is 17.0 Å². The van der Waals surface area contributed by atoms with Crippen LogP contribution in [0, 0.1) is 0 Å². The minimum absolute atomic E-state index is 0.000356. The fraction of sp³-hybridized carbons (Fsp3) is 0.500. The number of morpholine rings is 1. The van der Waals surface area contributed by atoms with E-state index in [-0.39, 0.29) is 18.1 Å². The van der Waals surface area contributed by atoms with E-state index < -0.39 is 0 Å². The molecule has 2 saturated heterocycles. The Morgan fingerprint density at radius 2 is 2.12 bits per heavy atom. The van der Waals surface area contributed by atoms with Crippen molar-refractivity contribution in [3.8, 4) is 0 Å². The first-order valence-corrected chi connectivity index (χ1v) is 8.73. The van der Waals surface area contributed by atoms with Gasteiger partial charge in [0.15, 0.2) is 5.82 Å². The van der Waals surface area contributed by atoms with Crippen LogP contribution in [0.5, 0.6) is 0 Å². The summed E-state index contributed by atoms with van der Waals surface area (Å²) in [4.78, 5) is 25.4. The second-order valence-electron chi connectivity index (χ2n) is 6.70. The van der Waals surface area contributed by atoms with Crippen LogP contribution in [-0.2, 0) is 18.3 Å². The number of hydrogen-bond donors (Lipinski definition) is 0. The van der Waals surface area contributed by atoms with Gasteiger partial charge in [-0.1, -0.05) is 0 Å². The van der Waals surface area contributed by atoms with Crippen LogP contribution in [0.25, 0.3) is 0 Å². The smallest absolute Gasteiger partial charge is 0.289 e. The minimum atomic E-state index is 0.000356. The lowest BCUT2D eigenvalue weighted by molar-refractivity contribution is -0.101. The maximum absolute atomic E-state index is 12.8. The molecular formula is C18H23N5O2. The van der Waals surface area contributed by atoms with Crippen molar-refractivity contribution in [3.05, 3.63) is 48.3 Å². The van der Waals surface area contributed by atoms with E-state index in [9.17, 15) is 4.79 Å². The number of amides is 1. The zero-order valence-corrected chi connectivity index (χ0v) is 14.4. The molecule has 2 aromatic rings. The van der Waals surface area contributed by atoms with E-state index in [2.05, 4.69) is 14.9 Å². The molecule has 1 amide bonds. The molecule has 0 unspecified atom stereocenters. The molecule has 7 heteroatoms. The van der Waals surface area contributed by atoms with Crippen molar-refractivity contribution in [2.24, 2.45) is 7.05 Å². The summed E-state index contributed by atoms with van der Waals surface area (Å²) < 4.78 is 7.76. The highest BCUT2D eigenvalue weighted by Gasteiger charge is 2.39. The van der Waals surface area contributed by atoms with E-state index in [4.69, 9.17) is 4.74 Å². The Kier molecular flexibility index (Phi) is 4.50. The van der Waals surface area contributed by atoms with Crippen molar-refractivity contribution in [1.29, 1.82) is 0 Å². The molecule has 2 fully saturated rings. The van der Waals surface area contributed by atoms with Gasteiger partial charge in [0.25, 0.3) is 5.91 Å². The van der Waals surface area contributed by atoms with E-state index in [0.29, 0.717) is 12.4 Å². The summed E-state index contributed by atoms with van der Waals surface area (Å²) in [6.45, 7) is 3.89. The van der Waals surface area contributed by atoms with Gasteiger partial charge >= 0.3 is 0 Å². The van der Waals surface area contributed by atoms with Crippen LogP contribution in [0.1, 0.15) is 22.6 Å². The number of pyridine rings is 1. The molecule has 0 N–H and O–H groups in total. The standard InChI is InChI=1S/C18H23N5O2/c1-21-9-7-20-17(21)18(24)23-8-4-16-15(13-23)22(10-11-25-16)12-14-2-5-19-6-3-14/h2-3,5-7,9,15-16H,4,8,10-13H2,1H3/t15-,16-/m0/s1. The number of imidazole rings is 1. The quantitative estimate of drug-likeness (QED) is 0.831. The third-order valence-corrected chi connectivity index (χ3v) is 5.13.